The monoisotopic (exact) mass is 636 g/mol. The molecule has 0 N–H and O–H groups in total. The molecule has 1 amide bonds. The Bertz CT molecular complexity index is 1320. The van der Waals surface area contributed by atoms with E-state index >= 15 is 0 Å². The van der Waals surface area contributed by atoms with E-state index in [-0.39, 0.29) is 18.2 Å². The van der Waals surface area contributed by atoms with Gasteiger partial charge >= 0.3 is 6.09 Å². The first kappa shape index (κ1) is 28.7. The summed E-state index contributed by atoms with van der Waals surface area (Å²) in [6.45, 7) is 5.38. The van der Waals surface area contributed by atoms with Crippen LogP contribution in [0.15, 0.2) is 77.3 Å². The van der Waals surface area contributed by atoms with E-state index < -0.39 is 0 Å². The van der Waals surface area contributed by atoms with Crippen LogP contribution in [-0.2, 0) is 11.3 Å². The van der Waals surface area contributed by atoms with Gasteiger partial charge < -0.3 is 23.7 Å². The Labute approximate surface area is 255 Å². The summed E-state index contributed by atoms with van der Waals surface area (Å²) < 4.78 is 30.5. The van der Waals surface area contributed by atoms with E-state index in [1.807, 2.05) is 77.7 Å². The third-order valence-corrected chi connectivity index (χ3v) is 8.78. The lowest BCUT2D eigenvalue weighted by Crippen LogP contribution is -2.44. The first-order chi connectivity index (χ1) is 20.6. The van der Waals surface area contributed by atoms with E-state index in [2.05, 4.69) is 20.8 Å². The van der Waals surface area contributed by atoms with Gasteiger partial charge in [-0.3, -0.25) is 9.80 Å². The van der Waals surface area contributed by atoms with Gasteiger partial charge in [-0.2, -0.15) is 0 Å². The number of carbonyl (C=O) groups excluding carboxylic acids is 1. The van der Waals surface area contributed by atoms with Crippen LogP contribution >= 0.6 is 15.9 Å². The van der Waals surface area contributed by atoms with Gasteiger partial charge in [-0.15, -0.1) is 0 Å². The SMILES string of the molecule is O=C1OCC(COc2ccccc2)N1CCC1CCN(CC2COc3cc(OCc4ccccc4)c(Br)cc3O2)CC1. The Kier molecular flexibility index (Phi) is 9.35. The Balaban J connectivity index is 0.929. The summed E-state index contributed by atoms with van der Waals surface area (Å²) in [5.74, 6) is 3.58. The number of halogens is 1. The number of piperidine rings is 1. The molecule has 9 heteroatoms. The lowest BCUT2D eigenvalue weighted by Gasteiger charge is -2.36. The number of hydrogen-bond donors (Lipinski definition) is 0. The largest absolute Gasteiger partial charge is 0.491 e. The predicted octanol–water partition coefficient (Wildman–Crippen LogP) is 6.17. The molecule has 0 saturated carbocycles. The molecule has 3 heterocycles. The van der Waals surface area contributed by atoms with Crippen LogP contribution in [0.4, 0.5) is 4.79 Å². The second-order valence-electron chi connectivity index (χ2n) is 11.1. The Morgan fingerprint density at radius 1 is 0.881 bits per heavy atom. The van der Waals surface area contributed by atoms with Crippen molar-refractivity contribution < 1.29 is 28.5 Å². The van der Waals surface area contributed by atoms with Crippen LogP contribution in [0, 0.1) is 5.92 Å². The van der Waals surface area contributed by atoms with Crippen LogP contribution in [0.1, 0.15) is 24.8 Å². The fourth-order valence-corrected chi connectivity index (χ4v) is 6.17. The quantitative estimate of drug-likeness (QED) is 0.249. The zero-order valence-electron chi connectivity index (χ0n) is 23.7. The Hall–Kier alpha value is -3.43. The molecule has 3 aliphatic rings. The van der Waals surface area contributed by atoms with E-state index in [0.29, 0.717) is 44.6 Å². The van der Waals surface area contributed by atoms with Gasteiger partial charge in [0.05, 0.1) is 4.47 Å². The number of benzene rings is 3. The molecular formula is C33H37BrN2O6. The molecule has 3 aromatic carbocycles. The fourth-order valence-electron chi connectivity index (χ4n) is 5.73. The van der Waals surface area contributed by atoms with Crippen molar-refractivity contribution in [2.45, 2.75) is 38.0 Å². The molecule has 0 spiro atoms. The summed E-state index contributed by atoms with van der Waals surface area (Å²) in [5.41, 5.74) is 1.11. The number of hydrogen-bond acceptors (Lipinski definition) is 7. The smallest absolute Gasteiger partial charge is 0.410 e. The van der Waals surface area contributed by atoms with E-state index in [4.69, 9.17) is 23.7 Å². The summed E-state index contributed by atoms with van der Waals surface area (Å²) in [7, 11) is 0. The standard InChI is InChI=1S/C33H37BrN2O6/c34-29-17-32-31(18-30(29)39-20-25-7-3-1-4-8-25)40-23-28(42-32)19-35-14-11-24(12-15-35)13-16-36-26(22-41-33(36)37)21-38-27-9-5-2-6-10-27/h1-10,17-18,24,26,28H,11-16,19-23H2. The van der Waals surface area contributed by atoms with Crippen molar-refractivity contribution in [1.82, 2.24) is 9.80 Å². The topological polar surface area (TPSA) is 69.7 Å². The van der Waals surface area contributed by atoms with E-state index in [9.17, 15) is 4.79 Å². The van der Waals surface area contributed by atoms with Crippen LogP contribution in [-0.4, -0.2) is 74.0 Å². The average molecular weight is 638 g/mol. The number of rotatable bonds is 11. The van der Waals surface area contributed by atoms with Gasteiger partial charge in [0.1, 0.15) is 50.1 Å². The highest BCUT2D eigenvalue weighted by Crippen LogP contribution is 2.41. The maximum Gasteiger partial charge on any atom is 0.410 e. The van der Waals surface area contributed by atoms with Gasteiger partial charge in [0.2, 0.25) is 0 Å². The summed E-state index contributed by atoms with van der Waals surface area (Å²) >= 11 is 3.63. The van der Waals surface area contributed by atoms with Crippen molar-refractivity contribution in [3.05, 3.63) is 82.8 Å². The molecule has 6 rings (SSSR count). The molecule has 0 bridgehead atoms. The number of para-hydroxylation sites is 1. The van der Waals surface area contributed by atoms with Gasteiger partial charge in [-0.1, -0.05) is 48.5 Å². The average Bonchev–Trinajstić information content (AvgIpc) is 3.38. The minimum atomic E-state index is -0.231. The van der Waals surface area contributed by atoms with Gasteiger partial charge in [-0.05, 0) is 71.9 Å². The molecule has 2 saturated heterocycles. The van der Waals surface area contributed by atoms with Crippen molar-refractivity contribution in [2.75, 3.05) is 46.0 Å². The molecule has 0 radical (unpaired) electrons. The number of nitrogens with zero attached hydrogens (tertiary/aromatic N) is 2. The van der Waals surface area contributed by atoms with Crippen molar-refractivity contribution in [1.29, 1.82) is 0 Å². The molecule has 2 fully saturated rings. The van der Waals surface area contributed by atoms with Crippen molar-refractivity contribution in [2.24, 2.45) is 5.92 Å². The molecule has 3 aromatic rings. The van der Waals surface area contributed by atoms with Crippen LogP contribution < -0.4 is 18.9 Å². The number of ether oxygens (including phenoxy) is 5. The molecular weight excluding hydrogens is 600 g/mol. The summed E-state index contributed by atoms with van der Waals surface area (Å²) in [6.07, 6.45) is 2.92. The molecule has 2 atom stereocenters. The zero-order valence-corrected chi connectivity index (χ0v) is 25.2. The second kappa shape index (κ2) is 13.7. The highest BCUT2D eigenvalue weighted by molar-refractivity contribution is 9.10. The minimum absolute atomic E-state index is 0.0261. The predicted molar refractivity (Wildman–Crippen MR) is 162 cm³/mol. The van der Waals surface area contributed by atoms with Gasteiger partial charge in [-0.25, -0.2) is 4.79 Å². The number of fused-ring (bicyclic) bond motifs is 1. The maximum atomic E-state index is 12.4. The third kappa shape index (κ3) is 7.31. The fraction of sp³-hybridized carbons (Fsp3) is 0.424. The second-order valence-corrected chi connectivity index (χ2v) is 12.0. The molecule has 42 heavy (non-hydrogen) atoms. The van der Waals surface area contributed by atoms with Crippen LogP contribution in [0.3, 0.4) is 0 Å². The first-order valence-electron chi connectivity index (χ1n) is 14.7. The number of cyclic esters (lactones) is 1. The zero-order chi connectivity index (χ0) is 28.7. The lowest BCUT2D eigenvalue weighted by atomic mass is 9.93. The summed E-state index contributed by atoms with van der Waals surface area (Å²) in [4.78, 5) is 16.7. The Morgan fingerprint density at radius 2 is 1.64 bits per heavy atom. The first-order valence-corrected chi connectivity index (χ1v) is 15.5. The molecule has 222 valence electrons. The van der Waals surface area contributed by atoms with Crippen molar-refractivity contribution >= 4 is 22.0 Å². The van der Waals surface area contributed by atoms with E-state index in [0.717, 1.165) is 66.2 Å². The number of likely N-dealkylation sites (tertiary alicyclic amines) is 1. The van der Waals surface area contributed by atoms with E-state index in [1.54, 1.807) is 0 Å². The van der Waals surface area contributed by atoms with Crippen LogP contribution in [0.5, 0.6) is 23.0 Å². The minimum Gasteiger partial charge on any atom is -0.491 e. The molecule has 3 aliphatic heterocycles. The molecule has 8 nitrogen and oxygen atoms in total. The third-order valence-electron chi connectivity index (χ3n) is 8.16. The van der Waals surface area contributed by atoms with Gasteiger partial charge in [0.25, 0.3) is 0 Å². The van der Waals surface area contributed by atoms with Crippen LogP contribution in [0.2, 0.25) is 0 Å². The maximum absolute atomic E-state index is 12.4. The Morgan fingerprint density at radius 3 is 2.43 bits per heavy atom. The lowest BCUT2D eigenvalue weighted by molar-refractivity contribution is 0.0461. The highest BCUT2D eigenvalue weighted by Gasteiger charge is 2.34. The van der Waals surface area contributed by atoms with Crippen molar-refractivity contribution in [3.63, 3.8) is 0 Å². The number of carbonyl (C=O) groups is 1. The summed E-state index contributed by atoms with van der Waals surface area (Å²) in [6, 6.07) is 23.6. The number of amides is 1. The molecule has 2 unspecified atom stereocenters. The van der Waals surface area contributed by atoms with Gasteiger partial charge in [0, 0.05) is 25.2 Å². The molecule has 0 aromatic heterocycles. The molecule has 0 aliphatic carbocycles. The van der Waals surface area contributed by atoms with Crippen molar-refractivity contribution in [3.8, 4) is 23.0 Å². The van der Waals surface area contributed by atoms with Crippen LogP contribution in [0.25, 0.3) is 0 Å². The normalized spacial score (nSPS) is 20.8. The van der Waals surface area contributed by atoms with E-state index in [1.165, 1.54) is 0 Å². The van der Waals surface area contributed by atoms with Gasteiger partial charge in [0.15, 0.2) is 11.5 Å². The summed E-state index contributed by atoms with van der Waals surface area (Å²) in [5, 5.41) is 0. The highest BCUT2D eigenvalue weighted by atomic mass is 79.9.